The molecule has 0 aliphatic heterocycles. The second-order valence-electron chi connectivity index (χ2n) is 7.38. The summed E-state index contributed by atoms with van der Waals surface area (Å²) in [5.74, 6) is 3.07. The number of thiazole rings is 1. The minimum Gasteiger partial charge on any atom is -0.497 e. The lowest BCUT2D eigenvalue weighted by Crippen LogP contribution is -2.23. The van der Waals surface area contributed by atoms with Gasteiger partial charge in [-0.15, -0.1) is 5.10 Å². The van der Waals surface area contributed by atoms with Gasteiger partial charge in [-0.05, 0) is 48.4 Å². The fourth-order valence-corrected chi connectivity index (χ4v) is 3.90. The maximum absolute atomic E-state index is 12.9. The second-order valence-corrected chi connectivity index (χ2v) is 8.39. The predicted molar refractivity (Wildman–Crippen MR) is 121 cm³/mol. The van der Waals surface area contributed by atoms with E-state index in [1.165, 1.54) is 15.9 Å². The first-order chi connectivity index (χ1) is 15.0. The Morgan fingerprint density at radius 3 is 2.45 bits per heavy atom. The van der Waals surface area contributed by atoms with Crippen LogP contribution in [0, 0.1) is 5.92 Å². The summed E-state index contributed by atoms with van der Waals surface area (Å²) < 4.78 is 18.2. The third-order valence-corrected chi connectivity index (χ3v) is 5.56. The van der Waals surface area contributed by atoms with Gasteiger partial charge in [0.15, 0.2) is 5.82 Å². The van der Waals surface area contributed by atoms with Crippen molar-refractivity contribution >= 4 is 22.4 Å². The zero-order valence-corrected chi connectivity index (χ0v) is 18.6. The summed E-state index contributed by atoms with van der Waals surface area (Å²) in [5.41, 5.74) is 1.39. The van der Waals surface area contributed by atoms with Crippen molar-refractivity contribution in [3.8, 4) is 28.6 Å². The number of fused-ring (bicyclic) bond motifs is 1. The van der Waals surface area contributed by atoms with Crippen LogP contribution in [0.25, 0.3) is 22.4 Å². The lowest BCUT2D eigenvalue weighted by molar-refractivity contribution is 0.271. The van der Waals surface area contributed by atoms with Crippen LogP contribution in [0.5, 0.6) is 17.2 Å². The van der Waals surface area contributed by atoms with Crippen molar-refractivity contribution in [2.75, 3.05) is 20.8 Å². The topological polar surface area (TPSA) is 75.0 Å². The van der Waals surface area contributed by atoms with E-state index in [4.69, 9.17) is 14.2 Å². The van der Waals surface area contributed by atoms with Gasteiger partial charge in [0.05, 0.1) is 25.4 Å². The number of methoxy groups -OCH3 is 2. The van der Waals surface area contributed by atoms with Crippen LogP contribution in [-0.2, 0) is 0 Å². The first-order valence-electron chi connectivity index (χ1n) is 9.85. The van der Waals surface area contributed by atoms with E-state index in [-0.39, 0.29) is 5.56 Å². The number of hydrogen-bond acceptors (Lipinski definition) is 7. The first kappa shape index (κ1) is 20.9. The molecule has 2 heterocycles. The molecule has 7 nitrogen and oxygen atoms in total. The van der Waals surface area contributed by atoms with Gasteiger partial charge < -0.3 is 14.2 Å². The molecular weight excluding hydrogens is 414 g/mol. The minimum absolute atomic E-state index is 0.214. The van der Waals surface area contributed by atoms with Crippen molar-refractivity contribution in [2.24, 2.45) is 5.92 Å². The monoisotopic (exact) mass is 437 g/mol. The summed E-state index contributed by atoms with van der Waals surface area (Å²) >= 11 is 1.29. The molecule has 0 fully saturated rings. The largest absolute Gasteiger partial charge is 0.497 e. The van der Waals surface area contributed by atoms with Crippen LogP contribution in [0.15, 0.2) is 47.3 Å². The molecule has 0 amide bonds. The molecule has 0 saturated carbocycles. The number of hydrogen-bond donors (Lipinski definition) is 0. The molecule has 8 heteroatoms. The van der Waals surface area contributed by atoms with Gasteiger partial charge in [-0.1, -0.05) is 25.2 Å². The number of rotatable bonds is 7. The quantitative estimate of drug-likeness (QED) is 0.441. The smallest absolute Gasteiger partial charge is 0.291 e. The molecule has 0 aliphatic carbocycles. The molecular formula is C23H23N3O4S. The molecule has 0 N–H and O–H groups in total. The molecule has 0 atom stereocenters. The molecule has 0 bridgehead atoms. The Morgan fingerprint density at radius 1 is 1.06 bits per heavy atom. The summed E-state index contributed by atoms with van der Waals surface area (Å²) in [6.07, 6.45) is 1.78. The van der Waals surface area contributed by atoms with Crippen LogP contribution >= 0.6 is 11.3 Å². The van der Waals surface area contributed by atoms with Crippen LogP contribution in [-0.4, -0.2) is 35.4 Å². The number of aromatic nitrogens is 3. The predicted octanol–water partition coefficient (Wildman–Crippen LogP) is 3.42. The van der Waals surface area contributed by atoms with Crippen molar-refractivity contribution in [1.82, 2.24) is 14.6 Å². The van der Waals surface area contributed by atoms with E-state index in [0.717, 1.165) is 16.9 Å². The van der Waals surface area contributed by atoms with Gasteiger partial charge in [0.25, 0.3) is 5.56 Å². The third-order valence-electron chi connectivity index (χ3n) is 4.60. The highest BCUT2D eigenvalue weighted by molar-refractivity contribution is 7.15. The van der Waals surface area contributed by atoms with Crippen LogP contribution < -0.4 is 24.3 Å². The molecule has 0 spiro atoms. The summed E-state index contributed by atoms with van der Waals surface area (Å²) in [7, 11) is 3.18. The maximum atomic E-state index is 12.9. The molecule has 160 valence electrons. The van der Waals surface area contributed by atoms with Crippen LogP contribution in [0.2, 0.25) is 0 Å². The van der Waals surface area contributed by atoms with E-state index >= 15 is 0 Å². The van der Waals surface area contributed by atoms with Gasteiger partial charge in [-0.25, -0.2) is 0 Å². The van der Waals surface area contributed by atoms with Gasteiger partial charge in [0.1, 0.15) is 17.2 Å². The van der Waals surface area contributed by atoms with Crippen molar-refractivity contribution < 1.29 is 14.2 Å². The highest BCUT2D eigenvalue weighted by Gasteiger charge is 2.13. The Labute approximate surface area is 183 Å². The van der Waals surface area contributed by atoms with E-state index in [2.05, 4.69) is 23.9 Å². The molecule has 0 radical (unpaired) electrons. The van der Waals surface area contributed by atoms with E-state index in [0.29, 0.717) is 39.3 Å². The Bertz CT molecular complexity index is 1310. The van der Waals surface area contributed by atoms with Crippen molar-refractivity contribution in [3.63, 3.8) is 0 Å². The van der Waals surface area contributed by atoms with E-state index in [1.54, 1.807) is 26.4 Å². The molecule has 2 aromatic carbocycles. The zero-order chi connectivity index (χ0) is 22.0. The summed E-state index contributed by atoms with van der Waals surface area (Å²) in [6, 6.07) is 13.0. The average molecular weight is 438 g/mol. The van der Waals surface area contributed by atoms with E-state index in [9.17, 15) is 4.79 Å². The highest BCUT2D eigenvalue weighted by atomic mass is 32.1. The molecule has 0 unspecified atom stereocenters. The summed E-state index contributed by atoms with van der Waals surface area (Å²) in [6.45, 7) is 4.87. The highest BCUT2D eigenvalue weighted by Crippen LogP contribution is 2.25. The van der Waals surface area contributed by atoms with Crippen LogP contribution in [0.4, 0.5) is 0 Å². The SMILES string of the molecule is COc1ccc(C=c2sc3nc(-c4ccc(OCC(C)C)cc4)nn3c2=O)c(OC)c1. The molecule has 31 heavy (non-hydrogen) atoms. The first-order valence-corrected chi connectivity index (χ1v) is 10.7. The van der Waals surface area contributed by atoms with Crippen LogP contribution in [0.3, 0.4) is 0 Å². The van der Waals surface area contributed by atoms with Gasteiger partial charge in [-0.3, -0.25) is 4.79 Å². The van der Waals surface area contributed by atoms with Gasteiger partial charge in [-0.2, -0.15) is 9.50 Å². The number of nitrogens with zero attached hydrogens (tertiary/aromatic N) is 3. The molecule has 0 aliphatic rings. The number of ether oxygens (including phenoxy) is 3. The summed E-state index contributed by atoms with van der Waals surface area (Å²) in [5, 5.41) is 4.41. The lowest BCUT2D eigenvalue weighted by atomic mass is 10.2. The third kappa shape index (κ3) is 4.39. The normalized spacial score (nSPS) is 12.0. The fourth-order valence-electron chi connectivity index (χ4n) is 3.00. The molecule has 4 aromatic rings. The fraction of sp³-hybridized carbons (Fsp3) is 0.261. The van der Waals surface area contributed by atoms with Crippen molar-refractivity contribution in [2.45, 2.75) is 13.8 Å². The minimum atomic E-state index is -0.214. The lowest BCUT2D eigenvalue weighted by Gasteiger charge is -2.08. The second kappa shape index (κ2) is 8.77. The zero-order valence-electron chi connectivity index (χ0n) is 17.8. The maximum Gasteiger partial charge on any atom is 0.291 e. The van der Waals surface area contributed by atoms with Crippen molar-refractivity contribution in [1.29, 1.82) is 0 Å². The van der Waals surface area contributed by atoms with Gasteiger partial charge in [0.2, 0.25) is 4.96 Å². The molecule has 0 saturated heterocycles. The van der Waals surface area contributed by atoms with Gasteiger partial charge >= 0.3 is 0 Å². The Kier molecular flexibility index (Phi) is 5.90. The van der Waals surface area contributed by atoms with E-state index < -0.39 is 0 Å². The Balaban J connectivity index is 1.65. The molecule has 4 rings (SSSR count). The molecule has 2 aromatic heterocycles. The number of benzene rings is 2. The average Bonchev–Trinajstić information content (AvgIpc) is 3.32. The summed E-state index contributed by atoms with van der Waals surface area (Å²) in [4.78, 5) is 17.9. The van der Waals surface area contributed by atoms with E-state index in [1.807, 2.05) is 36.4 Å². The Morgan fingerprint density at radius 2 is 1.81 bits per heavy atom. The van der Waals surface area contributed by atoms with Gasteiger partial charge in [0, 0.05) is 17.2 Å². The van der Waals surface area contributed by atoms with Crippen molar-refractivity contribution in [3.05, 3.63) is 62.9 Å². The van der Waals surface area contributed by atoms with Crippen LogP contribution in [0.1, 0.15) is 19.4 Å². The standard InChI is InChI=1S/C23H23N3O4S/c1-14(2)13-30-17-8-5-15(6-9-17)21-24-23-26(25-21)22(27)20(31-23)11-16-7-10-18(28-3)12-19(16)29-4/h5-12,14H,13H2,1-4H3. The Hall–Kier alpha value is -3.39.